The van der Waals surface area contributed by atoms with E-state index < -0.39 is 0 Å². The number of benzene rings is 2. The van der Waals surface area contributed by atoms with Crippen LogP contribution in [0.4, 0.5) is 11.4 Å². The minimum absolute atomic E-state index is 0.144. The van der Waals surface area contributed by atoms with Crippen LogP contribution in [0.15, 0.2) is 54.2 Å². The molecule has 7 nitrogen and oxygen atoms in total. The first-order chi connectivity index (χ1) is 15.3. The summed E-state index contributed by atoms with van der Waals surface area (Å²) in [7, 11) is 0. The van der Waals surface area contributed by atoms with Crippen molar-refractivity contribution in [3.8, 4) is 5.75 Å². The number of nitrogens with zero attached hydrogens (tertiary/aromatic N) is 1. The molecule has 0 radical (unpaired) electrons. The first kappa shape index (κ1) is 23.1. The van der Waals surface area contributed by atoms with Crippen molar-refractivity contribution in [3.05, 3.63) is 59.8 Å². The summed E-state index contributed by atoms with van der Waals surface area (Å²) in [5.74, 6) is 0.0301. The van der Waals surface area contributed by atoms with Gasteiger partial charge in [-0.25, -0.2) is 0 Å². The van der Waals surface area contributed by atoms with Crippen LogP contribution < -0.4 is 15.4 Å². The molecule has 2 N–H and O–H groups in total. The Balaban J connectivity index is 1.94. The molecule has 168 valence electrons. The van der Waals surface area contributed by atoms with E-state index in [9.17, 15) is 14.4 Å². The zero-order chi connectivity index (χ0) is 23.3. The third-order valence-corrected chi connectivity index (χ3v) is 4.81. The second kappa shape index (κ2) is 10.1. The van der Waals surface area contributed by atoms with Gasteiger partial charge in [-0.05, 0) is 54.3 Å². The SMILES string of the molecule is CCCOc1ccc(C2=C(Nc3ccc(NC(C)=O)cc3)C(=O)N(CC(C)C)C2=O)cc1. The Morgan fingerprint density at radius 1 is 0.969 bits per heavy atom. The summed E-state index contributed by atoms with van der Waals surface area (Å²) in [6.45, 7) is 8.35. The zero-order valence-electron chi connectivity index (χ0n) is 18.9. The van der Waals surface area contributed by atoms with Gasteiger partial charge < -0.3 is 15.4 Å². The van der Waals surface area contributed by atoms with E-state index in [1.165, 1.54) is 11.8 Å². The Morgan fingerprint density at radius 3 is 2.16 bits per heavy atom. The van der Waals surface area contributed by atoms with Gasteiger partial charge in [0, 0.05) is 24.8 Å². The summed E-state index contributed by atoms with van der Waals surface area (Å²) in [6, 6.07) is 14.2. The average Bonchev–Trinajstić information content (AvgIpc) is 2.97. The van der Waals surface area contributed by atoms with Crippen molar-refractivity contribution in [2.75, 3.05) is 23.8 Å². The van der Waals surface area contributed by atoms with Gasteiger partial charge in [-0.2, -0.15) is 0 Å². The highest BCUT2D eigenvalue weighted by atomic mass is 16.5. The van der Waals surface area contributed by atoms with Gasteiger partial charge in [0.05, 0.1) is 12.2 Å². The molecule has 3 rings (SSSR count). The number of hydrogen-bond acceptors (Lipinski definition) is 5. The predicted octanol–water partition coefficient (Wildman–Crippen LogP) is 4.28. The van der Waals surface area contributed by atoms with Crippen LogP contribution in [-0.2, 0) is 14.4 Å². The van der Waals surface area contributed by atoms with Crippen molar-refractivity contribution in [2.24, 2.45) is 5.92 Å². The highest BCUT2D eigenvalue weighted by molar-refractivity contribution is 6.36. The van der Waals surface area contributed by atoms with Gasteiger partial charge in [0.25, 0.3) is 11.8 Å². The van der Waals surface area contributed by atoms with Crippen molar-refractivity contribution in [2.45, 2.75) is 34.1 Å². The standard InChI is InChI=1S/C25H29N3O4/c1-5-14-32-21-12-6-18(7-13-21)22-23(25(31)28(24(22)30)15-16(2)3)27-20-10-8-19(9-11-20)26-17(4)29/h6-13,16,27H,5,14-15H2,1-4H3,(H,26,29). The van der Waals surface area contributed by atoms with Crippen molar-refractivity contribution in [1.82, 2.24) is 4.90 Å². The van der Waals surface area contributed by atoms with Gasteiger partial charge in [0.1, 0.15) is 11.4 Å². The van der Waals surface area contributed by atoms with E-state index in [4.69, 9.17) is 4.74 Å². The fourth-order valence-corrected chi connectivity index (χ4v) is 3.41. The van der Waals surface area contributed by atoms with E-state index in [2.05, 4.69) is 10.6 Å². The molecule has 32 heavy (non-hydrogen) atoms. The fourth-order valence-electron chi connectivity index (χ4n) is 3.41. The number of imide groups is 1. The number of carbonyl (C=O) groups excluding carboxylic acids is 3. The highest BCUT2D eigenvalue weighted by Crippen LogP contribution is 2.32. The molecule has 0 aromatic heterocycles. The first-order valence-corrected chi connectivity index (χ1v) is 10.8. The van der Waals surface area contributed by atoms with Crippen molar-refractivity contribution in [3.63, 3.8) is 0 Å². The van der Waals surface area contributed by atoms with Crippen LogP contribution in [0.5, 0.6) is 5.75 Å². The van der Waals surface area contributed by atoms with Crippen molar-refractivity contribution >= 4 is 34.7 Å². The molecular weight excluding hydrogens is 406 g/mol. The maximum atomic E-state index is 13.2. The van der Waals surface area contributed by atoms with Gasteiger partial charge in [-0.3, -0.25) is 19.3 Å². The lowest BCUT2D eigenvalue weighted by Crippen LogP contribution is -2.35. The van der Waals surface area contributed by atoms with E-state index in [0.29, 0.717) is 35.7 Å². The third kappa shape index (κ3) is 5.35. The number of rotatable bonds is 9. The monoisotopic (exact) mass is 435 g/mol. The molecule has 0 spiro atoms. The molecule has 1 aliphatic heterocycles. The second-order valence-corrected chi connectivity index (χ2v) is 8.12. The molecule has 0 saturated heterocycles. The molecule has 1 aliphatic rings. The third-order valence-electron chi connectivity index (χ3n) is 4.81. The molecular formula is C25H29N3O4. The van der Waals surface area contributed by atoms with Crippen molar-refractivity contribution in [1.29, 1.82) is 0 Å². The summed E-state index contributed by atoms with van der Waals surface area (Å²) < 4.78 is 5.63. The number of carbonyl (C=O) groups is 3. The highest BCUT2D eigenvalue weighted by Gasteiger charge is 2.39. The molecule has 2 aromatic carbocycles. The molecule has 0 fully saturated rings. The molecule has 0 saturated carbocycles. The number of ether oxygens (including phenoxy) is 1. The Morgan fingerprint density at radius 2 is 1.59 bits per heavy atom. The Kier molecular flexibility index (Phi) is 7.30. The fraction of sp³-hybridized carbons (Fsp3) is 0.320. The van der Waals surface area contributed by atoms with Crippen molar-refractivity contribution < 1.29 is 19.1 Å². The van der Waals surface area contributed by atoms with Gasteiger partial charge in [0.2, 0.25) is 5.91 Å². The zero-order valence-corrected chi connectivity index (χ0v) is 18.9. The van der Waals surface area contributed by atoms with Gasteiger partial charge >= 0.3 is 0 Å². The molecule has 0 unspecified atom stereocenters. The Labute approximate surface area is 188 Å². The van der Waals surface area contributed by atoms with E-state index in [0.717, 1.165) is 12.2 Å². The lowest BCUT2D eigenvalue weighted by Gasteiger charge is -2.17. The largest absolute Gasteiger partial charge is 0.494 e. The van der Waals surface area contributed by atoms with Gasteiger partial charge in [-0.15, -0.1) is 0 Å². The predicted molar refractivity (Wildman–Crippen MR) is 125 cm³/mol. The maximum Gasteiger partial charge on any atom is 0.278 e. The first-order valence-electron chi connectivity index (χ1n) is 10.8. The smallest absolute Gasteiger partial charge is 0.278 e. The lowest BCUT2D eigenvalue weighted by atomic mass is 10.0. The number of hydrogen-bond donors (Lipinski definition) is 2. The van der Waals surface area contributed by atoms with Crippen LogP contribution in [0, 0.1) is 5.92 Å². The molecule has 0 aliphatic carbocycles. The average molecular weight is 436 g/mol. The van der Waals surface area contributed by atoms with Crippen LogP contribution in [0.1, 0.15) is 39.7 Å². The minimum Gasteiger partial charge on any atom is -0.494 e. The summed E-state index contributed by atoms with van der Waals surface area (Å²) in [5, 5.41) is 5.83. The van der Waals surface area contributed by atoms with E-state index in [1.807, 2.05) is 20.8 Å². The van der Waals surface area contributed by atoms with Crippen LogP contribution >= 0.6 is 0 Å². The summed E-state index contributed by atoms with van der Waals surface area (Å²) in [4.78, 5) is 38.9. The van der Waals surface area contributed by atoms with Crippen LogP contribution in [0.25, 0.3) is 5.57 Å². The van der Waals surface area contributed by atoms with Crippen LogP contribution in [0.2, 0.25) is 0 Å². The molecule has 3 amide bonds. The summed E-state index contributed by atoms with van der Waals surface area (Å²) >= 11 is 0. The van der Waals surface area contributed by atoms with Crippen LogP contribution in [0.3, 0.4) is 0 Å². The Hall–Kier alpha value is -3.61. The van der Waals surface area contributed by atoms with Crippen LogP contribution in [-0.4, -0.2) is 35.8 Å². The molecule has 0 atom stereocenters. The summed E-state index contributed by atoms with van der Waals surface area (Å²) in [5.41, 5.74) is 2.52. The molecule has 2 aromatic rings. The van der Waals surface area contributed by atoms with E-state index in [1.54, 1.807) is 48.5 Å². The van der Waals surface area contributed by atoms with Gasteiger partial charge in [0.15, 0.2) is 0 Å². The number of anilines is 2. The van der Waals surface area contributed by atoms with E-state index >= 15 is 0 Å². The van der Waals surface area contributed by atoms with Gasteiger partial charge in [-0.1, -0.05) is 32.9 Å². The number of amides is 3. The summed E-state index contributed by atoms with van der Waals surface area (Å²) in [6.07, 6.45) is 0.902. The maximum absolute atomic E-state index is 13.2. The number of nitrogens with one attached hydrogen (secondary N) is 2. The normalized spacial score (nSPS) is 13.7. The quantitative estimate of drug-likeness (QED) is 0.574. The second-order valence-electron chi connectivity index (χ2n) is 8.12. The molecule has 0 bridgehead atoms. The molecule has 7 heteroatoms. The topological polar surface area (TPSA) is 87.7 Å². The lowest BCUT2D eigenvalue weighted by molar-refractivity contribution is -0.137. The minimum atomic E-state index is -0.351. The Bertz CT molecular complexity index is 1020. The van der Waals surface area contributed by atoms with E-state index in [-0.39, 0.29) is 29.3 Å². The molecule has 1 heterocycles.